The molecule has 0 fully saturated rings. The summed E-state index contributed by atoms with van der Waals surface area (Å²) in [6.45, 7) is 0.781. The van der Waals surface area contributed by atoms with Crippen LogP contribution in [0.1, 0.15) is 24.1 Å². The number of ether oxygens (including phenoxy) is 1. The van der Waals surface area contributed by atoms with Crippen LogP contribution in [0.4, 0.5) is 13.6 Å². The van der Waals surface area contributed by atoms with Gasteiger partial charge in [0.2, 0.25) is 0 Å². The van der Waals surface area contributed by atoms with Crippen molar-refractivity contribution in [1.29, 1.82) is 0 Å². The minimum absolute atomic E-state index is 0.0210. The standard InChI is InChI=1S/C17H16BrF2NO2/c1-17(19,20)15(13-8-5-9-14(18)10-13)21-16(22)23-11-12-6-3-2-4-7-12/h2-10,15H,11H2,1H3,(H,21,22). The lowest BCUT2D eigenvalue weighted by atomic mass is 10.0. The van der Waals surface area contributed by atoms with E-state index >= 15 is 0 Å². The molecule has 0 heterocycles. The number of nitrogens with one attached hydrogen (secondary N) is 1. The number of benzene rings is 2. The SMILES string of the molecule is CC(F)(F)C(NC(=O)OCc1ccccc1)c1cccc(Br)c1. The van der Waals surface area contributed by atoms with Crippen LogP contribution in [0.15, 0.2) is 59.1 Å². The van der Waals surface area contributed by atoms with E-state index in [0.29, 0.717) is 10.0 Å². The van der Waals surface area contributed by atoms with E-state index < -0.39 is 18.1 Å². The van der Waals surface area contributed by atoms with Crippen LogP contribution in [0.25, 0.3) is 0 Å². The first-order chi connectivity index (χ1) is 10.9. The number of rotatable bonds is 5. The lowest BCUT2D eigenvalue weighted by molar-refractivity contribution is -0.0199. The first-order valence-corrected chi connectivity index (χ1v) is 7.76. The molecule has 1 atom stereocenters. The quantitative estimate of drug-likeness (QED) is 0.782. The summed E-state index contributed by atoms with van der Waals surface area (Å²) in [6.07, 6.45) is -0.889. The fourth-order valence-corrected chi connectivity index (χ4v) is 2.49. The Morgan fingerprint density at radius 3 is 2.52 bits per heavy atom. The van der Waals surface area contributed by atoms with E-state index in [-0.39, 0.29) is 6.61 Å². The van der Waals surface area contributed by atoms with Crippen molar-refractivity contribution in [1.82, 2.24) is 5.32 Å². The van der Waals surface area contributed by atoms with Crippen LogP contribution in [0, 0.1) is 0 Å². The molecule has 122 valence electrons. The molecule has 0 aromatic heterocycles. The summed E-state index contributed by atoms with van der Waals surface area (Å²) in [4.78, 5) is 11.9. The first kappa shape index (κ1) is 17.4. The van der Waals surface area contributed by atoms with E-state index in [4.69, 9.17) is 4.74 Å². The lowest BCUT2D eigenvalue weighted by Gasteiger charge is -2.25. The molecule has 0 aliphatic heterocycles. The normalized spacial score (nSPS) is 12.5. The van der Waals surface area contributed by atoms with Gasteiger partial charge in [-0.15, -0.1) is 0 Å². The summed E-state index contributed by atoms with van der Waals surface area (Å²) in [5.41, 5.74) is 1.08. The Labute approximate surface area is 141 Å². The van der Waals surface area contributed by atoms with E-state index in [1.807, 2.05) is 6.07 Å². The Morgan fingerprint density at radius 1 is 1.22 bits per heavy atom. The molecule has 0 bridgehead atoms. The largest absolute Gasteiger partial charge is 0.445 e. The van der Waals surface area contributed by atoms with E-state index in [2.05, 4.69) is 21.2 Å². The monoisotopic (exact) mass is 383 g/mol. The molecule has 2 aromatic carbocycles. The van der Waals surface area contributed by atoms with E-state index in [1.165, 1.54) is 6.07 Å². The summed E-state index contributed by atoms with van der Waals surface area (Å²) in [5.74, 6) is -3.13. The predicted molar refractivity (Wildman–Crippen MR) is 87.3 cm³/mol. The zero-order valence-electron chi connectivity index (χ0n) is 12.4. The third-order valence-corrected chi connectivity index (χ3v) is 3.66. The van der Waals surface area contributed by atoms with Gasteiger partial charge in [0.1, 0.15) is 12.6 Å². The van der Waals surface area contributed by atoms with Crippen molar-refractivity contribution in [2.45, 2.75) is 25.5 Å². The number of alkyl halides is 2. The lowest BCUT2D eigenvalue weighted by Crippen LogP contribution is -2.39. The van der Waals surface area contributed by atoms with E-state index in [9.17, 15) is 13.6 Å². The molecule has 0 aliphatic carbocycles. The van der Waals surface area contributed by atoms with Gasteiger partial charge in [-0.3, -0.25) is 0 Å². The zero-order chi connectivity index (χ0) is 16.9. The van der Waals surface area contributed by atoms with Gasteiger partial charge in [-0.05, 0) is 23.3 Å². The number of alkyl carbamates (subject to hydrolysis) is 1. The highest BCUT2D eigenvalue weighted by atomic mass is 79.9. The zero-order valence-corrected chi connectivity index (χ0v) is 14.0. The smallest absolute Gasteiger partial charge is 0.408 e. The summed E-state index contributed by atoms with van der Waals surface area (Å²) in [6, 6.07) is 14.0. The average molecular weight is 384 g/mol. The first-order valence-electron chi connectivity index (χ1n) is 6.97. The molecule has 0 radical (unpaired) electrons. The molecule has 2 rings (SSSR count). The number of hydrogen-bond acceptors (Lipinski definition) is 2. The predicted octanol–water partition coefficient (Wildman–Crippen LogP) is 5.07. The van der Waals surface area contributed by atoms with Gasteiger partial charge in [-0.2, -0.15) is 0 Å². The highest BCUT2D eigenvalue weighted by Crippen LogP contribution is 2.32. The molecule has 0 saturated carbocycles. The Hall–Kier alpha value is -1.95. The van der Waals surface area contributed by atoms with Crippen LogP contribution in [0.3, 0.4) is 0 Å². The topological polar surface area (TPSA) is 38.3 Å². The van der Waals surface area contributed by atoms with Gasteiger partial charge in [0, 0.05) is 11.4 Å². The Bertz CT molecular complexity index is 659. The van der Waals surface area contributed by atoms with Gasteiger partial charge in [-0.25, -0.2) is 13.6 Å². The van der Waals surface area contributed by atoms with E-state index in [0.717, 1.165) is 12.5 Å². The molecular formula is C17H16BrF2NO2. The maximum atomic E-state index is 13.8. The Kier molecular flexibility index (Phi) is 5.71. The molecule has 0 saturated heterocycles. The highest BCUT2D eigenvalue weighted by molar-refractivity contribution is 9.10. The molecule has 0 spiro atoms. The molecule has 1 N–H and O–H groups in total. The van der Waals surface area contributed by atoms with Crippen LogP contribution in [0.2, 0.25) is 0 Å². The van der Waals surface area contributed by atoms with Crippen LogP contribution in [-0.2, 0) is 11.3 Å². The van der Waals surface area contributed by atoms with Crippen molar-refractivity contribution in [3.63, 3.8) is 0 Å². The third kappa shape index (κ3) is 5.32. The molecule has 23 heavy (non-hydrogen) atoms. The molecule has 3 nitrogen and oxygen atoms in total. The van der Waals surface area contributed by atoms with Crippen molar-refractivity contribution in [3.8, 4) is 0 Å². The second-order valence-electron chi connectivity index (χ2n) is 5.15. The molecule has 6 heteroatoms. The highest BCUT2D eigenvalue weighted by Gasteiger charge is 2.37. The van der Waals surface area contributed by atoms with E-state index in [1.54, 1.807) is 42.5 Å². The van der Waals surface area contributed by atoms with Gasteiger partial charge in [0.05, 0.1) is 0 Å². The number of carbonyl (C=O) groups excluding carboxylic acids is 1. The van der Waals surface area contributed by atoms with Gasteiger partial charge >= 0.3 is 6.09 Å². The maximum Gasteiger partial charge on any atom is 0.408 e. The summed E-state index contributed by atoms with van der Waals surface area (Å²) in [7, 11) is 0. The van der Waals surface area contributed by atoms with Gasteiger partial charge in [0.25, 0.3) is 5.92 Å². The second kappa shape index (κ2) is 7.55. The number of carbonyl (C=O) groups is 1. The molecule has 0 aliphatic rings. The van der Waals surface area contributed by atoms with Crippen LogP contribution < -0.4 is 5.32 Å². The van der Waals surface area contributed by atoms with Gasteiger partial charge in [-0.1, -0.05) is 58.4 Å². The third-order valence-electron chi connectivity index (χ3n) is 3.16. The summed E-state index contributed by atoms with van der Waals surface area (Å²) >= 11 is 3.24. The van der Waals surface area contributed by atoms with Gasteiger partial charge in [0.15, 0.2) is 0 Å². The molecule has 1 unspecified atom stereocenters. The molecule has 1 amide bonds. The molecule has 2 aromatic rings. The van der Waals surface area contributed by atoms with Crippen LogP contribution in [0.5, 0.6) is 0 Å². The summed E-state index contributed by atoms with van der Waals surface area (Å²) < 4.78 is 33.4. The van der Waals surface area contributed by atoms with Crippen molar-refractivity contribution in [2.24, 2.45) is 0 Å². The average Bonchev–Trinajstić information content (AvgIpc) is 2.50. The van der Waals surface area contributed by atoms with Crippen LogP contribution >= 0.6 is 15.9 Å². The van der Waals surface area contributed by atoms with Crippen molar-refractivity contribution in [3.05, 3.63) is 70.2 Å². The number of halogens is 3. The number of hydrogen-bond donors (Lipinski definition) is 1. The fourth-order valence-electron chi connectivity index (χ4n) is 2.07. The van der Waals surface area contributed by atoms with Crippen molar-refractivity contribution >= 4 is 22.0 Å². The maximum absolute atomic E-state index is 13.8. The Balaban J connectivity index is 2.05. The Morgan fingerprint density at radius 2 is 1.91 bits per heavy atom. The minimum Gasteiger partial charge on any atom is -0.445 e. The van der Waals surface area contributed by atoms with Crippen molar-refractivity contribution < 1.29 is 18.3 Å². The fraction of sp³-hybridized carbons (Fsp3) is 0.235. The number of amides is 1. The van der Waals surface area contributed by atoms with Crippen LogP contribution in [-0.4, -0.2) is 12.0 Å². The molecular weight excluding hydrogens is 368 g/mol. The minimum atomic E-state index is -3.13. The van der Waals surface area contributed by atoms with Gasteiger partial charge < -0.3 is 10.1 Å². The summed E-state index contributed by atoms with van der Waals surface area (Å²) in [5, 5.41) is 2.24. The van der Waals surface area contributed by atoms with Crippen molar-refractivity contribution in [2.75, 3.05) is 0 Å². The second-order valence-corrected chi connectivity index (χ2v) is 6.07.